The van der Waals surface area contributed by atoms with Gasteiger partial charge >= 0.3 is 0 Å². The van der Waals surface area contributed by atoms with Crippen LogP contribution in [0.2, 0.25) is 0 Å². The first-order chi connectivity index (χ1) is 6.52. The number of rotatable bonds is 8. The third-order valence-corrected chi connectivity index (χ3v) is 2.39. The van der Waals surface area contributed by atoms with Crippen LogP contribution in [0.5, 0.6) is 0 Å². The van der Waals surface area contributed by atoms with Crippen LogP contribution in [-0.2, 0) is 25.6 Å². The summed E-state index contributed by atoms with van der Waals surface area (Å²) < 4.78 is 1.41. The van der Waals surface area contributed by atoms with Crippen molar-refractivity contribution in [3.8, 4) is 0 Å². The Morgan fingerprint density at radius 2 is 1.19 bits per heavy atom. The zero-order valence-corrected chi connectivity index (χ0v) is 16.0. The van der Waals surface area contributed by atoms with Gasteiger partial charge < -0.3 is 39.1 Å². The minimum atomic E-state index is 0. The van der Waals surface area contributed by atoms with Crippen molar-refractivity contribution in [2.45, 2.75) is 12.8 Å². The molecule has 0 atom stereocenters. The molecule has 0 amide bonds. The predicted molar refractivity (Wildman–Crippen MR) is 66.7 cm³/mol. The van der Waals surface area contributed by atoms with Crippen LogP contribution in [0.4, 0.5) is 0 Å². The molecule has 0 fully saturated rings. The fraction of sp³-hybridized carbons (Fsp3) is 1.00. The van der Waals surface area contributed by atoms with Gasteiger partial charge in [0.05, 0.1) is 0 Å². The molecule has 2 radical (unpaired) electrons. The molecule has 104 valence electrons. The first kappa shape index (κ1) is 24.2. The summed E-state index contributed by atoms with van der Waals surface area (Å²) in [6, 6.07) is 0. The SMILES string of the molecule is CN(C)CCCN(C)CCCN([S-])[S-].[Tb].[Tb]. The van der Waals surface area contributed by atoms with Crippen molar-refractivity contribution in [1.82, 2.24) is 13.5 Å². The first-order valence-electron chi connectivity index (χ1n) is 4.97. The summed E-state index contributed by atoms with van der Waals surface area (Å²) >= 11 is 9.55. The van der Waals surface area contributed by atoms with Gasteiger partial charge in [0, 0.05) is 77.2 Å². The second kappa shape index (κ2) is 16.2. The van der Waals surface area contributed by atoms with E-state index in [0.717, 1.165) is 32.6 Å². The minimum Gasteiger partial charge on any atom is -0.731 e. The summed E-state index contributed by atoms with van der Waals surface area (Å²) in [5, 5.41) is 0. The first-order valence-corrected chi connectivity index (χ1v) is 5.70. The molecule has 0 aromatic rings. The van der Waals surface area contributed by atoms with Gasteiger partial charge in [-0.25, -0.2) is 0 Å². The van der Waals surface area contributed by atoms with E-state index in [1.165, 1.54) is 10.1 Å². The van der Waals surface area contributed by atoms with Gasteiger partial charge in [-0.1, -0.05) is 0 Å². The monoisotopic (exact) mass is 553 g/mol. The van der Waals surface area contributed by atoms with Gasteiger partial charge in [-0.3, -0.25) is 0 Å². The van der Waals surface area contributed by atoms with Gasteiger partial charge in [-0.05, 0) is 60.2 Å². The van der Waals surface area contributed by atoms with Crippen molar-refractivity contribution in [1.29, 1.82) is 0 Å². The molecule has 3 nitrogen and oxygen atoms in total. The molecule has 0 aromatic carbocycles. The average Bonchev–Trinajstić information content (AvgIpc) is 2.02. The molecule has 0 spiro atoms. The van der Waals surface area contributed by atoms with Crippen molar-refractivity contribution in [2.24, 2.45) is 0 Å². The van der Waals surface area contributed by atoms with Crippen molar-refractivity contribution in [3.63, 3.8) is 0 Å². The second-order valence-electron chi connectivity index (χ2n) is 3.87. The third kappa shape index (κ3) is 19.5. The van der Waals surface area contributed by atoms with Crippen molar-refractivity contribution < 1.29 is 77.2 Å². The molecule has 0 aliphatic rings. The predicted octanol–water partition coefficient (Wildman–Crippen LogP) is 0.486. The average molecular weight is 553 g/mol. The fourth-order valence-corrected chi connectivity index (χ4v) is 1.50. The summed E-state index contributed by atoms with van der Waals surface area (Å²) in [6.07, 6.45) is 2.28. The molecule has 16 heavy (non-hydrogen) atoms. The van der Waals surface area contributed by atoms with Crippen LogP contribution in [0.3, 0.4) is 0 Å². The Morgan fingerprint density at radius 3 is 1.56 bits per heavy atom. The molecule has 7 heteroatoms. The third-order valence-electron chi connectivity index (χ3n) is 2.03. The van der Waals surface area contributed by atoms with Gasteiger partial charge in [0.1, 0.15) is 0 Å². The summed E-state index contributed by atoms with van der Waals surface area (Å²) in [5.41, 5.74) is 0. The van der Waals surface area contributed by atoms with E-state index in [1.807, 2.05) is 0 Å². The van der Waals surface area contributed by atoms with Crippen LogP contribution in [-0.4, -0.2) is 60.8 Å². The van der Waals surface area contributed by atoms with Crippen LogP contribution in [0.15, 0.2) is 0 Å². The molecule has 0 rings (SSSR count). The van der Waals surface area contributed by atoms with Gasteiger partial charge in [0.25, 0.3) is 0 Å². The maximum atomic E-state index is 4.78. The summed E-state index contributed by atoms with van der Waals surface area (Å²) in [7, 11) is 6.35. The largest absolute Gasteiger partial charge is 0.731 e. The Hall–Kier alpha value is 3.15. The van der Waals surface area contributed by atoms with E-state index in [4.69, 9.17) is 25.6 Å². The van der Waals surface area contributed by atoms with Crippen molar-refractivity contribution in [2.75, 3.05) is 47.3 Å². The Morgan fingerprint density at radius 1 is 0.750 bits per heavy atom. The minimum absolute atomic E-state index is 0. The summed E-state index contributed by atoms with van der Waals surface area (Å²) in [6.45, 7) is 4.20. The van der Waals surface area contributed by atoms with Crippen LogP contribution in [0.1, 0.15) is 12.8 Å². The molecule has 0 saturated carbocycles. The molecular formula is C9H21N3S2Tb2-2. The molecule has 0 N–H and O–H groups in total. The smallest absolute Gasteiger partial charge is 0 e. The second-order valence-corrected chi connectivity index (χ2v) is 4.98. The van der Waals surface area contributed by atoms with E-state index in [1.54, 1.807) is 0 Å². The Kier molecular flexibility index (Phi) is 24.5. The molecule has 0 bridgehead atoms. The van der Waals surface area contributed by atoms with Gasteiger partial charge in [-0.2, -0.15) is 0 Å². The van der Waals surface area contributed by atoms with Crippen LogP contribution in [0.25, 0.3) is 0 Å². The molecule has 0 saturated heterocycles. The topological polar surface area (TPSA) is 9.72 Å². The van der Waals surface area contributed by atoms with Crippen LogP contribution < -0.4 is 0 Å². The van der Waals surface area contributed by atoms with Crippen molar-refractivity contribution >= 4 is 25.6 Å². The zero-order valence-electron chi connectivity index (χ0n) is 10.1. The van der Waals surface area contributed by atoms with E-state index in [-0.39, 0.29) is 77.2 Å². The van der Waals surface area contributed by atoms with Gasteiger partial charge in [-0.15, -0.1) is 0 Å². The van der Waals surface area contributed by atoms with Crippen molar-refractivity contribution in [3.05, 3.63) is 0 Å². The van der Waals surface area contributed by atoms with E-state index in [2.05, 4.69) is 30.9 Å². The molecular weight excluding hydrogens is 532 g/mol. The molecule has 0 aromatic heterocycles. The van der Waals surface area contributed by atoms with Crippen LogP contribution >= 0.6 is 0 Å². The van der Waals surface area contributed by atoms with Crippen LogP contribution in [0, 0.1) is 77.2 Å². The maximum Gasteiger partial charge on any atom is 0 e. The standard InChI is InChI=1S/C9H21N3S2.2Tb/c1-10(2)6-4-7-11(3)8-5-9-12(13)14;;/h4-9H2,1-3H3;;/q-2;;. The summed E-state index contributed by atoms with van der Waals surface area (Å²) in [4.78, 5) is 4.54. The van der Waals surface area contributed by atoms with E-state index in [0.29, 0.717) is 0 Å². The number of hydrogen-bond donors (Lipinski definition) is 0. The molecule has 0 aliphatic heterocycles. The quantitative estimate of drug-likeness (QED) is 0.404. The Labute approximate surface area is 173 Å². The fourth-order valence-electron chi connectivity index (χ4n) is 1.24. The zero-order chi connectivity index (χ0) is 11.0. The Balaban J connectivity index is -0.000000845. The molecule has 0 aliphatic carbocycles. The molecule has 0 heterocycles. The van der Waals surface area contributed by atoms with E-state index < -0.39 is 0 Å². The molecule has 0 unspecified atom stereocenters. The summed E-state index contributed by atoms with van der Waals surface area (Å²) in [5.74, 6) is 0. The number of nitrogens with zero attached hydrogens (tertiary/aromatic N) is 3. The van der Waals surface area contributed by atoms with E-state index >= 15 is 0 Å². The maximum absolute atomic E-state index is 4.78. The van der Waals surface area contributed by atoms with Gasteiger partial charge in [0.15, 0.2) is 0 Å². The Bertz CT molecular complexity index is 126. The number of hydrogen-bond acceptors (Lipinski definition) is 5. The van der Waals surface area contributed by atoms with Gasteiger partial charge in [0.2, 0.25) is 0 Å². The normalized spacial score (nSPS) is 10.5. The van der Waals surface area contributed by atoms with E-state index in [9.17, 15) is 0 Å².